The lowest BCUT2D eigenvalue weighted by Gasteiger charge is -2.28. The van der Waals surface area contributed by atoms with Crippen LogP contribution in [-0.2, 0) is 0 Å². The van der Waals surface area contributed by atoms with E-state index >= 15 is 0 Å². The quantitative estimate of drug-likeness (QED) is 0.147. The molecule has 0 radical (unpaired) electrons. The predicted octanol–water partition coefficient (Wildman–Crippen LogP) is 15.1. The molecule has 0 saturated heterocycles. The molecule has 1 heterocycles. The van der Waals surface area contributed by atoms with E-state index in [2.05, 4.69) is 251 Å². The third-order valence-electron chi connectivity index (χ3n) is 10.7. The molecule has 0 aliphatic heterocycles. The van der Waals surface area contributed by atoms with Gasteiger partial charge < -0.3 is 14.4 Å². The van der Waals surface area contributed by atoms with Gasteiger partial charge in [-0.1, -0.05) is 140 Å². The van der Waals surface area contributed by atoms with E-state index in [-0.39, 0.29) is 0 Å². The zero-order chi connectivity index (χ0) is 38.0. The van der Waals surface area contributed by atoms with Crippen LogP contribution in [0.2, 0.25) is 0 Å². The fourth-order valence-corrected chi connectivity index (χ4v) is 8.08. The number of hydrogen-bond acceptors (Lipinski definition) is 2. The number of nitrogens with zero attached hydrogens (tertiary/aromatic N) is 3. The minimum absolute atomic E-state index is 1.07. The molecular formula is C54H39N3. The fourth-order valence-electron chi connectivity index (χ4n) is 8.08. The number of para-hydroxylation sites is 4. The van der Waals surface area contributed by atoms with Crippen LogP contribution in [0.4, 0.5) is 34.1 Å². The van der Waals surface area contributed by atoms with Gasteiger partial charge in [0.05, 0.1) is 11.0 Å². The van der Waals surface area contributed by atoms with E-state index in [1.54, 1.807) is 0 Å². The SMILES string of the molecule is c1ccc(-c2ccc(N(c3ccc(N(c4ccccc4)c4ccccc4)cc3)c3cccc(-c4cccc(-n5c6ccccc6c6ccccc65)c4)c3)cc2)cc1. The van der Waals surface area contributed by atoms with Crippen LogP contribution in [0.5, 0.6) is 0 Å². The minimum atomic E-state index is 1.07. The Morgan fingerprint density at radius 2 is 0.614 bits per heavy atom. The first-order valence-electron chi connectivity index (χ1n) is 19.4. The Morgan fingerprint density at radius 3 is 1.18 bits per heavy atom. The Balaban J connectivity index is 1.07. The van der Waals surface area contributed by atoms with Crippen molar-refractivity contribution in [3.05, 3.63) is 237 Å². The van der Waals surface area contributed by atoms with Crippen LogP contribution >= 0.6 is 0 Å². The number of hydrogen-bond donors (Lipinski definition) is 0. The van der Waals surface area contributed by atoms with Gasteiger partial charge in [0.1, 0.15) is 0 Å². The summed E-state index contributed by atoms with van der Waals surface area (Å²) < 4.78 is 2.38. The Kier molecular flexibility index (Phi) is 8.86. The summed E-state index contributed by atoms with van der Waals surface area (Å²) >= 11 is 0. The third-order valence-corrected chi connectivity index (χ3v) is 10.7. The molecule has 0 aliphatic rings. The van der Waals surface area contributed by atoms with Crippen molar-refractivity contribution in [2.24, 2.45) is 0 Å². The normalized spacial score (nSPS) is 11.2. The fraction of sp³-hybridized carbons (Fsp3) is 0. The van der Waals surface area contributed by atoms with Crippen molar-refractivity contribution in [1.82, 2.24) is 4.57 Å². The van der Waals surface area contributed by atoms with Gasteiger partial charge in [0.2, 0.25) is 0 Å². The van der Waals surface area contributed by atoms with Gasteiger partial charge in [0.15, 0.2) is 0 Å². The van der Waals surface area contributed by atoms with E-state index in [1.807, 2.05) is 0 Å². The predicted molar refractivity (Wildman–Crippen MR) is 241 cm³/mol. The Labute approximate surface area is 333 Å². The van der Waals surface area contributed by atoms with E-state index < -0.39 is 0 Å². The van der Waals surface area contributed by atoms with Crippen LogP contribution in [0.3, 0.4) is 0 Å². The minimum Gasteiger partial charge on any atom is -0.311 e. The first kappa shape index (κ1) is 33.9. The Hall–Kier alpha value is -7.62. The van der Waals surface area contributed by atoms with Crippen LogP contribution in [-0.4, -0.2) is 4.57 Å². The number of fused-ring (bicyclic) bond motifs is 3. The molecule has 0 saturated carbocycles. The molecule has 0 atom stereocenters. The van der Waals surface area contributed by atoms with Gasteiger partial charge in [0.25, 0.3) is 0 Å². The molecule has 1 aromatic heterocycles. The second kappa shape index (κ2) is 14.9. The topological polar surface area (TPSA) is 11.4 Å². The molecule has 3 heteroatoms. The molecule has 57 heavy (non-hydrogen) atoms. The van der Waals surface area contributed by atoms with Gasteiger partial charge in [-0.15, -0.1) is 0 Å². The van der Waals surface area contributed by atoms with Gasteiger partial charge in [0, 0.05) is 50.6 Å². The van der Waals surface area contributed by atoms with Crippen molar-refractivity contribution in [2.75, 3.05) is 9.80 Å². The maximum atomic E-state index is 2.38. The van der Waals surface area contributed by atoms with Gasteiger partial charge in [-0.2, -0.15) is 0 Å². The molecule has 270 valence electrons. The first-order chi connectivity index (χ1) is 28.3. The third kappa shape index (κ3) is 6.52. The summed E-state index contributed by atoms with van der Waals surface area (Å²) in [5.41, 5.74) is 14.8. The van der Waals surface area contributed by atoms with Crippen molar-refractivity contribution in [3.63, 3.8) is 0 Å². The van der Waals surface area contributed by atoms with Crippen molar-refractivity contribution in [1.29, 1.82) is 0 Å². The van der Waals surface area contributed by atoms with Crippen LogP contribution in [0.1, 0.15) is 0 Å². The number of benzene rings is 9. The standard InChI is InChI=1S/C54H39N3/c1-4-16-40(17-5-1)41-30-32-46(33-31-41)56(48-36-34-47(35-37-48)55(44-20-6-2-7-21-44)45-22-8-3-9-23-45)49-24-14-18-42(38-49)43-19-15-25-50(39-43)57-53-28-12-10-26-51(53)52-27-11-13-29-54(52)57/h1-39H. The molecule has 0 N–H and O–H groups in total. The molecule has 10 aromatic rings. The molecule has 0 amide bonds. The number of aromatic nitrogens is 1. The molecule has 0 unspecified atom stereocenters. The molecule has 0 fully saturated rings. The molecule has 10 rings (SSSR count). The van der Waals surface area contributed by atoms with E-state index in [1.165, 1.54) is 32.9 Å². The molecule has 3 nitrogen and oxygen atoms in total. The van der Waals surface area contributed by atoms with Crippen LogP contribution in [0, 0.1) is 0 Å². The van der Waals surface area contributed by atoms with Gasteiger partial charge in [-0.25, -0.2) is 0 Å². The van der Waals surface area contributed by atoms with Crippen molar-refractivity contribution in [2.45, 2.75) is 0 Å². The van der Waals surface area contributed by atoms with Crippen LogP contribution in [0.25, 0.3) is 49.7 Å². The van der Waals surface area contributed by atoms with Crippen molar-refractivity contribution in [3.8, 4) is 27.9 Å². The largest absolute Gasteiger partial charge is 0.311 e. The number of anilines is 6. The lowest BCUT2D eigenvalue weighted by atomic mass is 10.0. The highest BCUT2D eigenvalue weighted by atomic mass is 15.2. The lowest BCUT2D eigenvalue weighted by molar-refractivity contribution is 1.18. The second-order valence-electron chi connectivity index (χ2n) is 14.2. The number of rotatable bonds is 9. The molecule has 0 spiro atoms. The van der Waals surface area contributed by atoms with Gasteiger partial charge in [-0.05, 0) is 119 Å². The van der Waals surface area contributed by atoms with Crippen LogP contribution in [0.15, 0.2) is 237 Å². The van der Waals surface area contributed by atoms with Crippen LogP contribution < -0.4 is 9.80 Å². The highest BCUT2D eigenvalue weighted by molar-refractivity contribution is 6.09. The molecular weight excluding hydrogens is 691 g/mol. The maximum absolute atomic E-state index is 2.38. The zero-order valence-electron chi connectivity index (χ0n) is 31.4. The summed E-state index contributed by atoms with van der Waals surface area (Å²) in [6.07, 6.45) is 0. The zero-order valence-corrected chi connectivity index (χ0v) is 31.4. The molecule has 0 bridgehead atoms. The monoisotopic (exact) mass is 729 g/mol. The second-order valence-corrected chi connectivity index (χ2v) is 14.2. The Bertz CT molecular complexity index is 2840. The summed E-state index contributed by atoms with van der Waals surface area (Å²) in [6, 6.07) is 84.6. The molecule has 0 aliphatic carbocycles. The average Bonchev–Trinajstić information content (AvgIpc) is 3.63. The smallest absolute Gasteiger partial charge is 0.0541 e. The lowest BCUT2D eigenvalue weighted by Crippen LogP contribution is -2.12. The average molecular weight is 730 g/mol. The van der Waals surface area contributed by atoms with E-state index in [0.717, 1.165) is 50.9 Å². The summed E-state index contributed by atoms with van der Waals surface area (Å²) in [6.45, 7) is 0. The van der Waals surface area contributed by atoms with Gasteiger partial charge in [-0.3, -0.25) is 0 Å². The summed E-state index contributed by atoms with van der Waals surface area (Å²) in [4.78, 5) is 4.65. The summed E-state index contributed by atoms with van der Waals surface area (Å²) in [5, 5.41) is 2.52. The van der Waals surface area contributed by atoms with E-state index in [0.29, 0.717) is 0 Å². The maximum Gasteiger partial charge on any atom is 0.0541 e. The summed E-state index contributed by atoms with van der Waals surface area (Å²) in [7, 11) is 0. The van der Waals surface area contributed by atoms with Crippen molar-refractivity contribution < 1.29 is 0 Å². The van der Waals surface area contributed by atoms with E-state index in [9.17, 15) is 0 Å². The van der Waals surface area contributed by atoms with Gasteiger partial charge >= 0.3 is 0 Å². The van der Waals surface area contributed by atoms with E-state index in [4.69, 9.17) is 0 Å². The van der Waals surface area contributed by atoms with Crippen molar-refractivity contribution >= 4 is 55.9 Å². The summed E-state index contributed by atoms with van der Waals surface area (Å²) in [5.74, 6) is 0. The first-order valence-corrected chi connectivity index (χ1v) is 19.4. The Morgan fingerprint density at radius 1 is 0.246 bits per heavy atom. The molecule has 9 aromatic carbocycles. The highest BCUT2D eigenvalue weighted by Crippen LogP contribution is 2.41. The highest BCUT2D eigenvalue weighted by Gasteiger charge is 2.18.